The Kier molecular flexibility index (Phi) is 6.46. The Bertz CT molecular complexity index is 1130. The number of ether oxygens (including phenoxy) is 1. The molecule has 0 fully saturated rings. The molecule has 3 aromatic rings. The number of rotatable bonds is 7. The molecular weight excluding hydrogens is 462 g/mol. The molecule has 0 atom stereocenters. The van der Waals surface area contributed by atoms with E-state index in [0.29, 0.717) is 5.82 Å². The molecule has 0 saturated heterocycles. The predicted octanol–water partition coefficient (Wildman–Crippen LogP) is 3.54. The van der Waals surface area contributed by atoms with Crippen LogP contribution in [-0.2, 0) is 21.4 Å². The van der Waals surface area contributed by atoms with Crippen molar-refractivity contribution in [1.82, 2.24) is 14.9 Å². The van der Waals surface area contributed by atoms with Gasteiger partial charge >= 0.3 is 5.97 Å². The van der Waals surface area contributed by atoms with Crippen molar-refractivity contribution in [1.29, 1.82) is 0 Å². The quantitative estimate of drug-likeness (QED) is 0.515. The zero-order valence-electron chi connectivity index (χ0n) is 15.6. The van der Waals surface area contributed by atoms with Crippen LogP contribution < -0.4 is 4.72 Å². The first-order valence-electron chi connectivity index (χ1n) is 8.62. The van der Waals surface area contributed by atoms with Crippen molar-refractivity contribution in [3.8, 4) is 11.4 Å². The average molecular weight is 480 g/mol. The van der Waals surface area contributed by atoms with Crippen molar-refractivity contribution in [2.45, 2.75) is 31.4 Å². The zero-order chi connectivity index (χ0) is 21.0. The number of aromatic nitrogens is 2. The maximum absolute atomic E-state index is 12.3. The summed E-state index contributed by atoms with van der Waals surface area (Å²) in [5.41, 5.74) is 0.847. The molecule has 3 rings (SSSR count). The summed E-state index contributed by atoms with van der Waals surface area (Å²) in [7, 11) is -3.72. The van der Waals surface area contributed by atoms with E-state index in [2.05, 4.69) is 30.8 Å². The third kappa shape index (κ3) is 5.49. The van der Waals surface area contributed by atoms with E-state index in [1.807, 2.05) is 24.3 Å². The summed E-state index contributed by atoms with van der Waals surface area (Å²) in [6, 6.07) is 12.7. The van der Waals surface area contributed by atoms with Gasteiger partial charge in [0.15, 0.2) is 6.61 Å². The monoisotopic (exact) mass is 479 g/mol. The van der Waals surface area contributed by atoms with E-state index >= 15 is 0 Å². The lowest BCUT2D eigenvalue weighted by atomic mass is 10.2. The van der Waals surface area contributed by atoms with E-state index in [1.165, 1.54) is 24.3 Å². The highest BCUT2D eigenvalue weighted by atomic mass is 79.9. The summed E-state index contributed by atoms with van der Waals surface area (Å²) in [6.45, 7) is 3.19. The second-order valence-electron chi connectivity index (χ2n) is 6.40. The predicted molar refractivity (Wildman–Crippen MR) is 108 cm³/mol. The standard InChI is InChI=1S/C19H18BrN3O5S/c1-12(2)23-29(25,26)16-8-4-6-14(10-16)19(24)27-11-17-21-18(22-28-17)13-5-3-7-15(20)9-13/h3-10,12,23H,11H2,1-2H3. The van der Waals surface area contributed by atoms with Gasteiger partial charge in [-0.25, -0.2) is 17.9 Å². The molecule has 1 N–H and O–H groups in total. The largest absolute Gasteiger partial charge is 0.452 e. The van der Waals surface area contributed by atoms with E-state index in [-0.39, 0.29) is 29.0 Å². The summed E-state index contributed by atoms with van der Waals surface area (Å²) in [4.78, 5) is 16.5. The number of nitrogens with one attached hydrogen (secondary N) is 1. The van der Waals surface area contributed by atoms with Gasteiger partial charge in [0, 0.05) is 16.1 Å². The second-order valence-corrected chi connectivity index (χ2v) is 9.03. The summed E-state index contributed by atoms with van der Waals surface area (Å²) in [6.07, 6.45) is 0. The number of benzene rings is 2. The van der Waals surface area contributed by atoms with Crippen molar-refractivity contribution >= 4 is 31.9 Å². The van der Waals surface area contributed by atoms with Crippen LogP contribution >= 0.6 is 15.9 Å². The fourth-order valence-corrected chi connectivity index (χ4v) is 4.13. The summed E-state index contributed by atoms with van der Waals surface area (Å²) >= 11 is 3.37. The number of carbonyl (C=O) groups is 1. The first kappa shape index (κ1) is 21.2. The fraction of sp³-hybridized carbons (Fsp3) is 0.211. The van der Waals surface area contributed by atoms with Crippen LogP contribution in [0.25, 0.3) is 11.4 Å². The topological polar surface area (TPSA) is 111 Å². The molecule has 0 bridgehead atoms. The Morgan fingerprint density at radius 1 is 1.21 bits per heavy atom. The van der Waals surface area contributed by atoms with E-state index in [4.69, 9.17) is 9.26 Å². The lowest BCUT2D eigenvalue weighted by Gasteiger charge is -2.10. The Morgan fingerprint density at radius 3 is 2.69 bits per heavy atom. The zero-order valence-corrected chi connectivity index (χ0v) is 18.0. The molecular formula is C19H18BrN3O5S. The molecule has 0 saturated carbocycles. The molecule has 8 nitrogen and oxygen atoms in total. The van der Waals surface area contributed by atoms with Crippen molar-refractivity contribution in [2.24, 2.45) is 0 Å². The molecule has 0 aliphatic carbocycles. The van der Waals surface area contributed by atoms with Gasteiger partial charge in [-0.1, -0.05) is 39.3 Å². The molecule has 0 spiro atoms. The van der Waals surface area contributed by atoms with E-state index in [9.17, 15) is 13.2 Å². The molecule has 0 radical (unpaired) electrons. The van der Waals surface area contributed by atoms with Crippen LogP contribution in [0.4, 0.5) is 0 Å². The Hall–Kier alpha value is -2.56. The number of nitrogens with zero attached hydrogens (tertiary/aromatic N) is 2. The van der Waals surface area contributed by atoms with Crippen LogP contribution in [0.15, 0.2) is 62.4 Å². The number of hydrogen-bond acceptors (Lipinski definition) is 7. The molecule has 152 valence electrons. The maximum Gasteiger partial charge on any atom is 0.338 e. The normalized spacial score (nSPS) is 11.6. The molecule has 0 amide bonds. The number of halogens is 1. The molecule has 29 heavy (non-hydrogen) atoms. The number of carbonyl (C=O) groups excluding carboxylic acids is 1. The number of sulfonamides is 1. The maximum atomic E-state index is 12.3. The van der Waals surface area contributed by atoms with Crippen LogP contribution in [0.3, 0.4) is 0 Å². The molecule has 0 aliphatic rings. The van der Waals surface area contributed by atoms with Gasteiger partial charge < -0.3 is 9.26 Å². The summed E-state index contributed by atoms with van der Waals surface area (Å²) in [5, 5.41) is 3.87. The third-order valence-corrected chi connectivity index (χ3v) is 5.80. The third-order valence-electron chi connectivity index (χ3n) is 3.65. The highest BCUT2D eigenvalue weighted by molar-refractivity contribution is 9.10. The molecule has 0 unspecified atom stereocenters. The number of hydrogen-bond donors (Lipinski definition) is 1. The van der Waals surface area contributed by atoms with Gasteiger partial charge in [-0.2, -0.15) is 4.98 Å². The smallest absolute Gasteiger partial charge is 0.338 e. The molecule has 2 aromatic carbocycles. The lowest BCUT2D eigenvalue weighted by Crippen LogP contribution is -2.30. The van der Waals surface area contributed by atoms with E-state index in [1.54, 1.807) is 13.8 Å². The molecule has 0 aliphatic heterocycles. The van der Waals surface area contributed by atoms with Gasteiger partial charge in [0.2, 0.25) is 15.8 Å². The summed E-state index contributed by atoms with van der Waals surface area (Å²) < 4.78 is 38.1. The minimum atomic E-state index is -3.72. The Balaban J connectivity index is 1.68. The van der Waals surface area contributed by atoms with E-state index in [0.717, 1.165) is 10.0 Å². The van der Waals surface area contributed by atoms with Crippen molar-refractivity contribution in [3.63, 3.8) is 0 Å². The van der Waals surface area contributed by atoms with Gasteiger partial charge in [0.05, 0.1) is 10.5 Å². The second kappa shape index (κ2) is 8.85. The average Bonchev–Trinajstić information content (AvgIpc) is 3.14. The fourth-order valence-electron chi connectivity index (χ4n) is 2.44. The van der Waals surface area contributed by atoms with Crippen molar-refractivity contribution in [3.05, 3.63) is 64.5 Å². The molecule has 10 heteroatoms. The van der Waals surface area contributed by atoms with Gasteiger partial charge in [-0.3, -0.25) is 0 Å². The van der Waals surface area contributed by atoms with Crippen molar-refractivity contribution in [2.75, 3.05) is 0 Å². The SMILES string of the molecule is CC(C)NS(=O)(=O)c1cccc(C(=O)OCc2nc(-c3cccc(Br)c3)no2)c1. The van der Waals surface area contributed by atoms with Gasteiger partial charge in [-0.15, -0.1) is 0 Å². The lowest BCUT2D eigenvalue weighted by molar-refractivity contribution is 0.0429. The molecule has 1 heterocycles. The first-order valence-corrected chi connectivity index (χ1v) is 10.9. The van der Waals surface area contributed by atoms with E-state index < -0.39 is 16.0 Å². The first-order chi connectivity index (χ1) is 13.7. The van der Waals surface area contributed by atoms with Gasteiger partial charge in [0.1, 0.15) is 0 Å². The number of esters is 1. The highest BCUT2D eigenvalue weighted by Gasteiger charge is 2.18. The Morgan fingerprint density at radius 2 is 1.97 bits per heavy atom. The van der Waals surface area contributed by atoms with Crippen LogP contribution in [0.2, 0.25) is 0 Å². The van der Waals surface area contributed by atoms with Crippen LogP contribution in [0, 0.1) is 0 Å². The minimum Gasteiger partial charge on any atom is -0.452 e. The Labute approximate surface area is 176 Å². The van der Waals surface area contributed by atoms with Crippen LogP contribution in [0.5, 0.6) is 0 Å². The van der Waals surface area contributed by atoms with Crippen LogP contribution in [-0.4, -0.2) is 30.6 Å². The highest BCUT2D eigenvalue weighted by Crippen LogP contribution is 2.20. The summed E-state index contributed by atoms with van der Waals surface area (Å²) in [5.74, 6) is -0.211. The van der Waals surface area contributed by atoms with Crippen molar-refractivity contribution < 1.29 is 22.5 Å². The van der Waals surface area contributed by atoms with Crippen LogP contribution in [0.1, 0.15) is 30.1 Å². The molecule has 1 aromatic heterocycles. The minimum absolute atomic E-state index is 0.0182. The van der Waals surface area contributed by atoms with Gasteiger partial charge in [-0.05, 0) is 44.2 Å². The van der Waals surface area contributed by atoms with Gasteiger partial charge in [0.25, 0.3) is 5.89 Å².